The summed E-state index contributed by atoms with van der Waals surface area (Å²) in [6, 6.07) is 14.2. The minimum atomic E-state index is -0.593. The molecular formula is C19H16IN3O4. The topological polar surface area (TPSA) is 90.3 Å². The van der Waals surface area contributed by atoms with Crippen LogP contribution in [0.15, 0.2) is 53.3 Å². The number of fused-ring (bicyclic) bond motifs is 1. The third-order valence-electron chi connectivity index (χ3n) is 3.82. The van der Waals surface area contributed by atoms with Gasteiger partial charge in [-0.25, -0.2) is 4.68 Å². The smallest absolute Gasteiger partial charge is 0.312 e. The van der Waals surface area contributed by atoms with Crippen molar-refractivity contribution in [1.82, 2.24) is 9.78 Å². The predicted molar refractivity (Wildman–Crippen MR) is 109 cm³/mol. The quantitative estimate of drug-likeness (QED) is 0.450. The first-order valence-corrected chi connectivity index (χ1v) is 9.18. The zero-order chi connectivity index (χ0) is 19.4. The molecule has 138 valence electrons. The normalized spacial score (nSPS) is 10.6. The van der Waals surface area contributed by atoms with E-state index in [1.807, 2.05) is 12.1 Å². The summed E-state index contributed by atoms with van der Waals surface area (Å²) in [6.07, 6.45) is -0.134. The van der Waals surface area contributed by atoms with Gasteiger partial charge in [-0.2, -0.15) is 5.10 Å². The summed E-state index contributed by atoms with van der Waals surface area (Å²) in [7, 11) is 1.53. The number of carbonyl (C=O) groups excluding carboxylic acids is 2. The van der Waals surface area contributed by atoms with Crippen LogP contribution in [0.3, 0.4) is 0 Å². The van der Waals surface area contributed by atoms with Crippen molar-refractivity contribution in [2.24, 2.45) is 7.05 Å². The molecule has 1 aromatic heterocycles. The minimum Gasteiger partial charge on any atom is -0.455 e. The van der Waals surface area contributed by atoms with Crippen LogP contribution in [0, 0.1) is 3.57 Å². The van der Waals surface area contributed by atoms with Gasteiger partial charge in [0.15, 0.2) is 6.61 Å². The highest BCUT2D eigenvalue weighted by Gasteiger charge is 2.14. The average Bonchev–Trinajstić information content (AvgIpc) is 2.64. The van der Waals surface area contributed by atoms with Crippen molar-refractivity contribution >= 4 is 50.9 Å². The maximum Gasteiger partial charge on any atom is 0.312 e. The third-order valence-corrected chi connectivity index (χ3v) is 4.49. The number of nitrogens with one attached hydrogen (secondary N) is 1. The highest BCUT2D eigenvalue weighted by atomic mass is 127. The largest absolute Gasteiger partial charge is 0.455 e. The zero-order valence-electron chi connectivity index (χ0n) is 14.4. The van der Waals surface area contributed by atoms with Gasteiger partial charge >= 0.3 is 5.97 Å². The number of esters is 1. The Kier molecular flexibility index (Phi) is 5.84. The Morgan fingerprint density at radius 3 is 2.63 bits per heavy atom. The highest BCUT2D eigenvalue weighted by Crippen LogP contribution is 2.14. The summed E-state index contributed by atoms with van der Waals surface area (Å²) in [5.74, 6) is -1.02. The van der Waals surface area contributed by atoms with E-state index >= 15 is 0 Å². The van der Waals surface area contributed by atoms with E-state index in [4.69, 9.17) is 4.74 Å². The number of anilines is 1. The van der Waals surface area contributed by atoms with Crippen molar-refractivity contribution in [2.75, 3.05) is 11.9 Å². The molecule has 3 aromatic rings. The van der Waals surface area contributed by atoms with Gasteiger partial charge in [-0.05, 0) is 46.9 Å². The molecule has 0 fully saturated rings. The molecule has 0 unspecified atom stereocenters. The van der Waals surface area contributed by atoms with Gasteiger partial charge in [0, 0.05) is 21.7 Å². The fourth-order valence-corrected chi connectivity index (χ4v) is 3.15. The molecule has 0 radical (unpaired) electrons. The molecule has 1 heterocycles. The average molecular weight is 477 g/mol. The van der Waals surface area contributed by atoms with E-state index in [1.54, 1.807) is 36.4 Å². The first-order valence-electron chi connectivity index (χ1n) is 8.10. The van der Waals surface area contributed by atoms with Crippen molar-refractivity contribution in [2.45, 2.75) is 6.42 Å². The Hall–Kier alpha value is -2.75. The maximum absolute atomic E-state index is 12.1. The molecule has 0 atom stereocenters. The van der Waals surface area contributed by atoms with E-state index < -0.39 is 18.5 Å². The molecule has 0 saturated heterocycles. The van der Waals surface area contributed by atoms with Gasteiger partial charge in [0.05, 0.1) is 17.5 Å². The van der Waals surface area contributed by atoms with E-state index in [1.165, 1.54) is 11.7 Å². The molecule has 0 bridgehead atoms. The number of nitrogens with zero attached hydrogens (tertiary/aromatic N) is 2. The summed E-state index contributed by atoms with van der Waals surface area (Å²) < 4.78 is 7.22. The third kappa shape index (κ3) is 4.70. The molecule has 0 spiro atoms. The summed E-state index contributed by atoms with van der Waals surface area (Å²) >= 11 is 2.14. The van der Waals surface area contributed by atoms with Gasteiger partial charge in [-0.15, -0.1) is 0 Å². The van der Waals surface area contributed by atoms with Crippen LogP contribution in [-0.4, -0.2) is 28.3 Å². The Morgan fingerprint density at radius 1 is 1.15 bits per heavy atom. The molecule has 1 amide bonds. The molecule has 7 nitrogen and oxygen atoms in total. The first kappa shape index (κ1) is 19.0. The van der Waals surface area contributed by atoms with E-state index in [0.29, 0.717) is 22.2 Å². The Labute approximate surface area is 168 Å². The van der Waals surface area contributed by atoms with Crippen LogP contribution in [0.4, 0.5) is 5.69 Å². The summed E-state index contributed by atoms with van der Waals surface area (Å²) in [5, 5.41) is 7.89. The number of benzene rings is 2. The second kappa shape index (κ2) is 8.30. The van der Waals surface area contributed by atoms with Gasteiger partial charge in [0.25, 0.3) is 11.5 Å². The molecule has 0 aliphatic heterocycles. The number of hydrogen-bond donors (Lipinski definition) is 1. The second-order valence-electron chi connectivity index (χ2n) is 5.82. The Morgan fingerprint density at radius 2 is 1.89 bits per heavy atom. The molecule has 0 aliphatic carbocycles. The number of carbonyl (C=O) groups is 2. The van der Waals surface area contributed by atoms with Crippen LogP contribution < -0.4 is 10.9 Å². The molecule has 3 rings (SSSR count). The highest BCUT2D eigenvalue weighted by molar-refractivity contribution is 14.1. The number of hydrogen-bond acceptors (Lipinski definition) is 5. The van der Waals surface area contributed by atoms with Crippen LogP contribution in [-0.2, 0) is 27.8 Å². The lowest BCUT2D eigenvalue weighted by atomic mass is 10.1. The van der Waals surface area contributed by atoms with E-state index in [9.17, 15) is 14.4 Å². The monoisotopic (exact) mass is 477 g/mol. The van der Waals surface area contributed by atoms with Crippen LogP contribution in [0.1, 0.15) is 5.69 Å². The fraction of sp³-hybridized carbons (Fsp3) is 0.158. The van der Waals surface area contributed by atoms with E-state index in [0.717, 1.165) is 3.57 Å². The molecule has 1 N–H and O–H groups in total. The Bertz CT molecular complexity index is 1080. The zero-order valence-corrected chi connectivity index (χ0v) is 16.6. The van der Waals surface area contributed by atoms with Gasteiger partial charge < -0.3 is 10.1 Å². The number of halogens is 1. The van der Waals surface area contributed by atoms with Crippen LogP contribution in [0.5, 0.6) is 0 Å². The lowest BCUT2D eigenvalue weighted by molar-refractivity contribution is -0.146. The molecule has 0 saturated carbocycles. The minimum absolute atomic E-state index is 0.134. The summed E-state index contributed by atoms with van der Waals surface area (Å²) in [4.78, 5) is 36.2. The predicted octanol–water partition coefficient (Wildman–Crippen LogP) is 2.26. The second-order valence-corrected chi connectivity index (χ2v) is 7.06. The van der Waals surface area contributed by atoms with E-state index in [-0.39, 0.29) is 12.0 Å². The first-order chi connectivity index (χ1) is 12.9. The molecular weight excluding hydrogens is 461 g/mol. The number of ether oxygens (including phenoxy) is 1. The van der Waals surface area contributed by atoms with Crippen LogP contribution in [0.25, 0.3) is 10.8 Å². The standard InChI is InChI=1S/C19H16IN3O4/c1-23-19(26)15-8-3-2-7-14(15)16(22-23)10-18(25)27-11-17(24)21-13-6-4-5-12(20)9-13/h2-9H,10-11H2,1H3,(H,21,24). The number of aromatic nitrogens is 2. The molecule has 0 aliphatic rings. The van der Waals surface area contributed by atoms with Gasteiger partial charge in [0.1, 0.15) is 0 Å². The molecule has 2 aromatic carbocycles. The lowest BCUT2D eigenvalue weighted by Gasteiger charge is -2.09. The van der Waals surface area contributed by atoms with Crippen molar-refractivity contribution in [3.63, 3.8) is 0 Å². The summed E-state index contributed by atoms with van der Waals surface area (Å²) in [5.41, 5.74) is 0.823. The number of amides is 1. The number of rotatable bonds is 5. The van der Waals surface area contributed by atoms with Gasteiger partial charge in [-0.1, -0.05) is 24.3 Å². The van der Waals surface area contributed by atoms with Gasteiger partial charge in [0.2, 0.25) is 0 Å². The van der Waals surface area contributed by atoms with Crippen molar-refractivity contribution in [3.05, 3.63) is 68.1 Å². The van der Waals surface area contributed by atoms with Crippen molar-refractivity contribution in [1.29, 1.82) is 0 Å². The number of aryl methyl sites for hydroxylation is 1. The summed E-state index contributed by atoms with van der Waals surface area (Å²) in [6.45, 7) is -0.395. The van der Waals surface area contributed by atoms with Crippen LogP contribution >= 0.6 is 22.6 Å². The lowest BCUT2D eigenvalue weighted by Crippen LogP contribution is -2.24. The van der Waals surface area contributed by atoms with Crippen molar-refractivity contribution < 1.29 is 14.3 Å². The van der Waals surface area contributed by atoms with E-state index in [2.05, 4.69) is 33.0 Å². The van der Waals surface area contributed by atoms with Crippen molar-refractivity contribution in [3.8, 4) is 0 Å². The van der Waals surface area contributed by atoms with Gasteiger partial charge in [-0.3, -0.25) is 14.4 Å². The maximum atomic E-state index is 12.1. The Balaban J connectivity index is 1.65. The SMILES string of the molecule is Cn1nc(CC(=O)OCC(=O)Nc2cccc(I)c2)c2ccccc2c1=O. The van der Waals surface area contributed by atoms with Crippen LogP contribution in [0.2, 0.25) is 0 Å². The molecule has 8 heteroatoms. The fourth-order valence-electron chi connectivity index (χ4n) is 2.60. The molecule has 27 heavy (non-hydrogen) atoms.